The maximum absolute atomic E-state index is 13.3. The zero-order valence-corrected chi connectivity index (χ0v) is 21.0. The molecule has 0 radical (unpaired) electrons. The molecule has 0 amide bonds. The molecule has 2 saturated carbocycles. The molecular weight excluding hydrogens is 436 g/mol. The molecule has 0 aliphatic heterocycles. The molecule has 0 spiro atoms. The molecule has 2 aromatic rings. The predicted molar refractivity (Wildman–Crippen MR) is 138 cm³/mol. The zero-order chi connectivity index (χ0) is 25.4. The molecule has 4 heteroatoms. The Morgan fingerprint density at radius 2 is 0.971 bits per heavy atom. The van der Waals surface area contributed by atoms with Gasteiger partial charge >= 0.3 is 0 Å². The number of rotatable bonds is 5. The first kappa shape index (κ1) is 25.0. The van der Waals surface area contributed by atoms with Crippen LogP contribution in [0.2, 0.25) is 0 Å². The minimum Gasteiger partial charge on any atom is -0.299 e. The largest absolute Gasteiger partial charge is 0.299 e. The quantitative estimate of drug-likeness (QED) is 0.392. The molecule has 182 valence electrons. The number of ketones is 4. The average Bonchev–Trinajstić information content (AvgIpc) is 2.75. The Hall–Kier alpha value is -3.14. The van der Waals surface area contributed by atoms with Gasteiger partial charge in [0.1, 0.15) is 23.1 Å². The van der Waals surface area contributed by atoms with Crippen molar-refractivity contribution in [3.05, 3.63) is 71.3 Å². The van der Waals surface area contributed by atoms with E-state index in [1.165, 1.54) is 0 Å². The summed E-state index contributed by atoms with van der Waals surface area (Å²) in [6, 6.07) is 17.5. The highest BCUT2D eigenvalue weighted by Gasteiger charge is 2.52. The van der Waals surface area contributed by atoms with E-state index in [0.29, 0.717) is 5.56 Å². The lowest BCUT2D eigenvalue weighted by atomic mass is 9.59. The van der Waals surface area contributed by atoms with Gasteiger partial charge in [-0.05, 0) is 27.5 Å². The minimum absolute atomic E-state index is 0.158. The number of benzene rings is 2. The van der Waals surface area contributed by atoms with Crippen LogP contribution in [-0.2, 0) is 19.2 Å². The van der Waals surface area contributed by atoms with Crippen LogP contribution in [0.1, 0.15) is 76.0 Å². The molecule has 0 aromatic heterocycles. The normalized spacial score (nSPS) is 21.3. The van der Waals surface area contributed by atoms with Gasteiger partial charge in [-0.1, -0.05) is 94.4 Å². The predicted octanol–water partition coefficient (Wildman–Crippen LogP) is 6.09. The van der Waals surface area contributed by atoms with Gasteiger partial charge in [0.25, 0.3) is 0 Å². The highest BCUT2D eigenvalue weighted by atomic mass is 16.2. The van der Waals surface area contributed by atoms with Crippen molar-refractivity contribution in [2.24, 2.45) is 22.7 Å². The summed E-state index contributed by atoms with van der Waals surface area (Å²) in [5, 5.41) is 0. The maximum atomic E-state index is 13.3. The van der Waals surface area contributed by atoms with Crippen molar-refractivity contribution in [3.63, 3.8) is 0 Å². The SMILES string of the molecule is CC1(C)CC(=O)C(C(c2ccc(/C=C/c3ccccc3)cc2)C2C(=O)CC(C)(C)CC2=O)C(=O)C1. The molecule has 2 fully saturated rings. The lowest BCUT2D eigenvalue weighted by molar-refractivity contribution is -0.145. The summed E-state index contributed by atoms with van der Waals surface area (Å²) in [5.74, 6) is -3.27. The summed E-state index contributed by atoms with van der Waals surface area (Å²) < 4.78 is 0. The molecule has 2 aliphatic carbocycles. The van der Waals surface area contributed by atoms with Gasteiger partial charge in [0.2, 0.25) is 0 Å². The fraction of sp³-hybridized carbons (Fsp3) is 0.419. The number of hydrogen-bond acceptors (Lipinski definition) is 4. The second kappa shape index (κ2) is 9.49. The molecule has 0 N–H and O–H groups in total. The summed E-state index contributed by atoms with van der Waals surface area (Å²) in [4.78, 5) is 53.2. The van der Waals surface area contributed by atoms with Crippen LogP contribution >= 0.6 is 0 Å². The number of hydrogen-bond donors (Lipinski definition) is 0. The molecular formula is C31H34O4. The van der Waals surface area contributed by atoms with Gasteiger partial charge in [-0.25, -0.2) is 0 Å². The topological polar surface area (TPSA) is 68.3 Å². The molecule has 4 rings (SSSR count). The lowest BCUT2D eigenvalue weighted by Crippen LogP contribution is -2.48. The Labute approximate surface area is 207 Å². The van der Waals surface area contributed by atoms with Crippen molar-refractivity contribution in [1.82, 2.24) is 0 Å². The van der Waals surface area contributed by atoms with Gasteiger partial charge in [-0.15, -0.1) is 0 Å². The third-order valence-corrected chi connectivity index (χ3v) is 7.31. The Kier molecular flexibility index (Phi) is 6.77. The van der Waals surface area contributed by atoms with Crippen molar-refractivity contribution in [1.29, 1.82) is 0 Å². The monoisotopic (exact) mass is 470 g/mol. The van der Waals surface area contributed by atoms with Crippen LogP contribution in [-0.4, -0.2) is 23.1 Å². The van der Waals surface area contributed by atoms with E-state index in [-0.39, 0.29) is 48.8 Å². The van der Waals surface area contributed by atoms with E-state index in [9.17, 15) is 19.2 Å². The summed E-state index contributed by atoms with van der Waals surface area (Å²) in [7, 11) is 0. The van der Waals surface area contributed by atoms with Gasteiger partial charge < -0.3 is 0 Å². The Morgan fingerprint density at radius 3 is 1.37 bits per heavy atom. The second-order valence-corrected chi connectivity index (χ2v) is 11.8. The van der Waals surface area contributed by atoms with Crippen molar-refractivity contribution >= 4 is 35.3 Å². The van der Waals surface area contributed by atoms with E-state index >= 15 is 0 Å². The van der Waals surface area contributed by atoms with E-state index in [1.807, 2.05) is 94.4 Å². The standard InChI is InChI=1S/C31H34O4/c1-30(2)16-23(32)28(24(33)17-30)27(29-25(34)18-31(3,4)19-26(29)35)22-14-12-21(13-15-22)11-10-20-8-6-5-7-9-20/h5-15,27-29H,16-19H2,1-4H3/b11-10+. The molecule has 0 atom stereocenters. The van der Waals surface area contributed by atoms with Crippen molar-refractivity contribution in [3.8, 4) is 0 Å². The molecule has 2 aliphatic rings. The van der Waals surface area contributed by atoms with Gasteiger partial charge in [0, 0.05) is 31.6 Å². The van der Waals surface area contributed by atoms with E-state index in [0.717, 1.165) is 11.1 Å². The van der Waals surface area contributed by atoms with Crippen LogP contribution in [0.3, 0.4) is 0 Å². The number of carbonyl (C=O) groups excluding carboxylic acids is 4. The fourth-order valence-corrected chi connectivity index (χ4v) is 5.77. The first-order chi connectivity index (χ1) is 16.5. The van der Waals surface area contributed by atoms with Crippen molar-refractivity contribution in [2.75, 3.05) is 0 Å². The van der Waals surface area contributed by atoms with Crippen LogP contribution in [0.4, 0.5) is 0 Å². The molecule has 0 saturated heterocycles. The summed E-state index contributed by atoms with van der Waals surface area (Å²) in [6.45, 7) is 7.67. The molecule has 0 unspecified atom stereocenters. The molecule has 0 heterocycles. The van der Waals surface area contributed by atoms with Crippen molar-refractivity contribution in [2.45, 2.75) is 59.3 Å². The summed E-state index contributed by atoms with van der Waals surface area (Å²) >= 11 is 0. The van der Waals surface area contributed by atoms with Crippen LogP contribution in [0, 0.1) is 22.7 Å². The molecule has 2 aromatic carbocycles. The maximum Gasteiger partial charge on any atom is 0.144 e. The summed E-state index contributed by atoms with van der Waals surface area (Å²) in [5.41, 5.74) is 1.95. The van der Waals surface area contributed by atoms with E-state index in [1.54, 1.807) is 0 Å². The van der Waals surface area contributed by atoms with Crippen LogP contribution < -0.4 is 0 Å². The third kappa shape index (κ3) is 5.58. The lowest BCUT2D eigenvalue weighted by Gasteiger charge is -2.41. The molecule has 4 nitrogen and oxygen atoms in total. The van der Waals surface area contributed by atoms with E-state index in [2.05, 4.69) is 0 Å². The second-order valence-electron chi connectivity index (χ2n) is 11.8. The van der Waals surface area contributed by atoms with Crippen LogP contribution in [0.5, 0.6) is 0 Å². The van der Waals surface area contributed by atoms with Crippen LogP contribution in [0.15, 0.2) is 54.6 Å². The minimum atomic E-state index is -0.951. The highest BCUT2D eigenvalue weighted by Crippen LogP contribution is 2.47. The Morgan fingerprint density at radius 1 is 0.600 bits per heavy atom. The average molecular weight is 471 g/mol. The van der Waals surface area contributed by atoms with Gasteiger partial charge in [0.05, 0.1) is 11.8 Å². The fourth-order valence-electron chi connectivity index (χ4n) is 5.77. The first-order valence-electron chi connectivity index (χ1n) is 12.4. The Balaban J connectivity index is 1.70. The van der Waals surface area contributed by atoms with E-state index in [4.69, 9.17) is 0 Å². The van der Waals surface area contributed by atoms with Crippen molar-refractivity contribution < 1.29 is 19.2 Å². The Bertz CT molecular complexity index is 1080. The van der Waals surface area contributed by atoms with Gasteiger partial charge in [-0.2, -0.15) is 0 Å². The molecule has 0 bridgehead atoms. The zero-order valence-electron chi connectivity index (χ0n) is 21.0. The number of Topliss-reactive ketones (excluding diaryl/α,β-unsaturated/α-hetero) is 4. The smallest absolute Gasteiger partial charge is 0.144 e. The third-order valence-electron chi connectivity index (χ3n) is 7.31. The van der Waals surface area contributed by atoms with Gasteiger partial charge in [-0.3, -0.25) is 19.2 Å². The molecule has 35 heavy (non-hydrogen) atoms. The van der Waals surface area contributed by atoms with Crippen LogP contribution in [0.25, 0.3) is 12.2 Å². The summed E-state index contributed by atoms with van der Waals surface area (Å²) in [6.07, 6.45) is 5.11. The van der Waals surface area contributed by atoms with E-state index < -0.39 is 28.6 Å². The number of carbonyl (C=O) groups is 4. The highest BCUT2D eigenvalue weighted by molar-refractivity contribution is 6.11. The van der Waals surface area contributed by atoms with Gasteiger partial charge in [0.15, 0.2) is 0 Å². The first-order valence-corrected chi connectivity index (χ1v) is 12.4.